The third kappa shape index (κ3) is 7.51. The minimum Gasteiger partial charge on any atom is -0.475 e. The second kappa shape index (κ2) is 10.4. The monoisotopic (exact) mass is 434 g/mol. The van der Waals surface area contributed by atoms with Crippen LogP contribution in [0.1, 0.15) is 34.4 Å². The highest BCUT2D eigenvalue weighted by Gasteiger charge is 2.38. The molecule has 3 rings (SSSR count). The summed E-state index contributed by atoms with van der Waals surface area (Å²) >= 11 is 1.67. The Kier molecular flexibility index (Phi) is 8.22. The van der Waals surface area contributed by atoms with E-state index in [0.29, 0.717) is 31.5 Å². The second-order valence-corrected chi connectivity index (χ2v) is 7.09. The van der Waals surface area contributed by atoms with Crippen molar-refractivity contribution in [2.75, 3.05) is 25.0 Å². The number of carboxylic acid groups (broad SMARTS) is 1. The first-order valence-corrected chi connectivity index (χ1v) is 9.50. The van der Waals surface area contributed by atoms with E-state index in [1.165, 1.54) is 0 Å². The number of aromatic nitrogens is 4. The highest BCUT2D eigenvalue weighted by Crippen LogP contribution is 2.23. The molecule has 2 aromatic rings. The van der Waals surface area contributed by atoms with Crippen LogP contribution in [0, 0.1) is 6.92 Å². The number of nitrogens with zero attached hydrogens (tertiary/aromatic N) is 4. The van der Waals surface area contributed by atoms with E-state index in [4.69, 9.17) is 14.6 Å². The SMILES string of the molecule is CCOCc1nc(C)cc(NCc2nnc(C3CNC3)s2)n1.O=C(O)C(F)(F)F. The molecule has 1 aliphatic rings. The lowest BCUT2D eigenvalue weighted by atomic mass is 10.1. The highest BCUT2D eigenvalue weighted by molar-refractivity contribution is 7.11. The van der Waals surface area contributed by atoms with Gasteiger partial charge < -0.3 is 20.5 Å². The molecule has 0 aromatic carbocycles. The van der Waals surface area contributed by atoms with Crippen molar-refractivity contribution < 1.29 is 27.8 Å². The lowest BCUT2D eigenvalue weighted by Gasteiger charge is -2.23. The van der Waals surface area contributed by atoms with Crippen LogP contribution in [0.3, 0.4) is 0 Å². The summed E-state index contributed by atoms with van der Waals surface area (Å²) < 4.78 is 37.1. The van der Waals surface area contributed by atoms with Gasteiger partial charge in [0.05, 0.1) is 6.54 Å². The number of halogens is 3. The molecular formula is C16H21F3N6O3S. The molecule has 13 heteroatoms. The Bertz CT molecular complexity index is 813. The lowest BCUT2D eigenvalue weighted by molar-refractivity contribution is -0.192. The Morgan fingerprint density at radius 3 is 2.62 bits per heavy atom. The highest BCUT2D eigenvalue weighted by atomic mass is 32.1. The largest absolute Gasteiger partial charge is 0.490 e. The molecule has 9 nitrogen and oxygen atoms in total. The quantitative estimate of drug-likeness (QED) is 0.601. The molecule has 29 heavy (non-hydrogen) atoms. The number of carbonyl (C=O) groups is 1. The van der Waals surface area contributed by atoms with Gasteiger partial charge in [-0.15, -0.1) is 10.2 Å². The molecule has 3 N–H and O–H groups in total. The number of rotatable bonds is 7. The van der Waals surface area contributed by atoms with Gasteiger partial charge in [-0.2, -0.15) is 13.2 Å². The number of anilines is 1. The van der Waals surface area contributed by atoms with E-state index in [9.17, 15) is 13.2 Å². The summed E-state index contributed by atoms with van der Waals surface area (Å²) in [5.41, 5.74) is 0.922. The van der Waals surface area contributed by atoms with Crippen LogP contribution >= 0.6 is 11.3 Å². The van der Waals surface area contributed by atoms with E-state index in [1.54, 1.807) is 11.3 Å². The molecule has 1 saturated heterocycles. The summed E-state index contributed by atoms with van der Waals surface area (Å²) in [7, 11) is 0. The van der Waals surface area contributed by atoms with Gasteiger partial charge in [0.15, 0.2) is 5.82 Å². The van der Waals surface area contributed by atoms with Crippen LogP contribution in [0.25, 0.3) is 0 Å². The van der Waals surface area contributed by atoms with Crippen molar-refractivity contribution in [2.24, 2.45) is 0 Å². The van der Waals surface area contributed by atoms with Crippen molar-refractivity contribution in [1.82, 2.24) is 25.5 Å². The molecule has 160 valence electrons. The predicted octanol–water partition coefficient (Wildman–Crippen LogP) is 2.11. The van der Waals surface area contributed by atoms with Gasteiger partial charge in [-0.25, -0.2) is 14.8 Å². The standard InChI is InChI=1S/C14H20N6OS.C2HF3O2/c1-3-21-8-12-17-9(2)4-11(18-12)16-7-13-19-20-14(22-13)10-5-15-6-10;3-2(4,5)1(6)7/h4,10,15H,3,5-8H2,1-2H3,(H,16,17,18);(H,6,7). The molecular weight excluding hydrogens is 413 g/mol. The molecule has 1 aliphatic heterocycles. The summed E-state index contributed by atoms with van der Waals surface area (Å²) in [6.45, 7) is 7.65. The topological polar surface area (TPSA) is 122 Å². The first-order chi connectivity index (χ1) is 13.7. The van der Waals surface area contributed by atoms with Crippen LogP contribution in [0.4, 0.5) is 19.0 Å². The zero-order valence-electron chi connectivity index (χ0n) is 15.8. The van der Waals surface area contributed by atoms with Gasteiger partial charge in [-0.3, -0.25) is 0 Å². The minimum absolute atomic E-state index is 0.435. The van der Waals surface area contributed by atoms with Gasteiger partial charge in [-0.05, 0) is 13.8 Å². The van der Waals surface area contributed by atoms with Gasteiger partial charge in [-0.1, -0.05) is 11.3 Å². The number of aliphatic carboxylic acids is 1. The van der Waals surface area contributed by atoms with Crippen LogP contribution < -0.4 is 10.6 Å². The summed E-state index contributed by atoms with van der Waals surface area (Å²) in [6, 6.07) is 1.92. The van der Waals surface area contributed by atoms with Gasteiger partial charge >= 0.3 is 12.1 Å². The van der Waals surface area contributed by atoms with Crippen molar-refractivity contribution in [2.45, 2.75) is 39.1 Å². The molecule has 0 amide bonds. The minimum atomic E-state index is -5.08. The third-order valence-electron chi connectivity index (χ3n) is 3.61. The van der Waals surface area contributed by atoms with E-state index >= 15 is 0 Å². The first kappa shape index (κ1) is 22.9. The molecule has 3 heterocycles. The zero-order valence-corrected chi connectivity index (χ0v) is 16.6. The van der Waals surface area contributed by atoms with Crippen molar-refractivity contribution in [3.8, 4) is 0 Å². The molecule has 0 spiro atoms. The summed E-state index contributed by atoms with van der Waals surface area (Å²) in [6.07, 6.45) is -5.08. The molecule has 2 aromatic heterocycles. The maximum absolute atomic E-state index is 10.6. The molecule has 0 radical (unpaired) electrons. The van der Waals surface area contributed by atoms with E-state index in [-0.39, 0.29) is 0 Å². The Morgan fingerprint density at radius 2 is 2.07 bits per heavy atom. The Hall–Kier alpha value is -2.38. The van der Waals surface area contributed by atoms with Crippen LogP contribution in [0.5, 0.6) is 0 Å². The van der Waals surface area contributed by atoms with Crippen molar-refractivity contribution in [3.63, 3.8) is 0 Å². The Balaban J connectivity index is 0.000000370. The maximum atomic E-state index is 10.6. The van der Waals surface area contributed by atoms with Crippen molar-refractivity contribution in [3.05, 3.63) is 27.6 Å². The van der Waals surface area contributed by atoms with Gasteiger partial charge in [0.25, 0.3) is 0 Å². The first-order valence-electron chi connectivity index (χ1n) is 8.68. The van der Waals surface area contributed by atoms with Crippen LogP contribution in [-0.2, 0) is 22.7 Å². The van der Waals surface area contributed by atoms with E-state index in [1.807, 2.05) is 19.9 Å². The summed E-state index contributed by atoms with van der Waals surface area (Å²) in [5.74, 6) is -0.732. The van der Waals surface area contributed by atoms with Crippen LogP contribution in [-0.4, -0.2) is 57.1 Å². The third-order valence-corrected chi connectivity index (χ3v) is 4.70. The Labute approximate surface area is 168 Å². The molecule has 0 saturated carbocycles. The van der Waals surface area contributed by atoms with E-state index < -0.39 is 12.1 Å². The Morgan fingerprint density at radius 1 is 1.38 bits per heavy atom. The van der Waals surface area contributed by atoms with Gasteiger partial charge in [0.2, 0.25) is 0 Å². The average Bonchev–Trinajstić information content (AvgIpc) is 3.04. The number of aryl methyl sites for hydroxylation is 1. The fourth-order valence-electron chi connectivity index (χ4n) is 2.11. The maximum Gasteiger partial charge on any atom is 0.490 e. The fraction of sp³-hybridized carbons (Fsp3) is 0.562. The van der Waals surface area contributed by atoms with Crippen LogP contribution in [0.15, 0.2) is 6.07 Å². The number of alkyl halides is 3. The number of hydrogen-bond acceptors (Lipinski definition) is 9. The zero-order chi connectivity index (χ0) is 21.4. The number of nitrogens with one attached hydrogen (secondary N) is 2. The van der Waals surface area contributed by atoms with Crippen molar-refractivity contribution >= 4 is 23.1 Å². The normalized spacial score (nSPS) is 14.0. The average molecular weight is 434 g/mol. The number of hydrogen-bond donors (Lipinski definition) is 3. The smallest absolute Gasteiger partial charge is 0.475 e. The number of ether oxygens (including phenoxy) is 1. The predicted molar refractivity (Wildman–Crippen MR) is 98.6 cm³/mol. The number of carboxylic acids is 1. The molecule has 0 aliphatic carbocycles. The van der Waals surface area contributed by atoms with E-state index in [0.717, 1.165) is 34.6 Å². The lowest BCUT2D eigenvalue weighted by Crippen LogP contribution is -2.39. The molecule has 0 unspecified atom stereocenters. The molecule has 0 atom stereocenters. The fourth-order valence-corrected chi connectivity index (χ4v) is 2.99. The molecule has 0 bridgehead atoms. The molecule has 1 fully saturated rings. The van der Waals surface area contributed by atoms with E-state index in [2.05, 4.69) is 30.8 Å². The summed E-state index contributed by atoms with van der Waals surface area (Å²) in [5, 5.41) is 24.3. The van der Waals surface area contributed by atoms with Crippen molar-refractivity contribution in [1.29, 1.82) is 0 Å². The summed E-state index contributed by atoms with van der Waals surface area (Å²) in [4.78, 5) is 17.7. The van der Waals surface area contributed by atoms with Gasteiger partial charge in [0, 0.05) is 37.4 Å². The van der Waals surface area contributed by atoms with Crippen LogP contribution in [0.2, 0.25) is 0 Å². The second-order valence-electron chi connectivity index (χ2n) is 5.99. The van der Waals surface area contributed by atoms with Gasteiger partial charge in [0.1, 0.15) is 22.4 Å².